The van der Waals surface area contributed by atoms with E-state index in [4.69, 9.17) is 14.2 Å². The van der Waals surface area contributed by atoms with Crippen LogP contribution >= 0.6 is 0 Å². The fourth-order valence-corrected chi connectivity index (χ4v) is 10.1. The number of fused-ring (bicyclic) bond motifs is 2. The Labute approximate surface area is 294 Å². The highest BCUT2D eigenvalue weighted by Gasteiger charge is 2.54. The van der Waals surface area contributed by atoms with Gasteiger partial charge in [0.25, 0.3) is 0 Å². The van der Waals surface area contributed by atoms with E-state index in [1.54, 1.807) is 0 Å². The molecule has 6 rings (SSSR count). The SMILES string of the molecule is CCC(C)C(=O)OC1(C2CCCCC2)CCCC1.CCC1C(=O)OC(=O)C1CC.CCC1C2CC(C(=O)OC3CCOC3=O)C(C2)C1CC. The minimum Gasteiger partial charge on any atom is -0.463 e. The predicted molar refractivity (Wildman–Crippen MR) is 185 cm³/mol. The molecule has 9 unspecified atom stereocenters. The number of rotatable bonds is 10. The van der Waals surface area contributed by atoms with E-state index in [1.807, 2.05) is 20.8 Å². The first-order valence-corrected chi connectivity index (χ1v) is 19.9. The number of cyclic esters (lactones) is 3. The molecule has 2 saturated heterocycles. The van der Waals surface area contributed by atoms with Crippen LogP contribution in [0.15, 0.2) is 0 Å². The summed E-state index contributed by atoms with van der Waals surface area (Å²) in [6, 6.07) is 0. The molecule has 0 aromatic carbocycles. The second-order valence-electron chi connectivity index (χ2n) is 15.6. The molecule has 9 nitrogen and oxygen atoms in total. The van der Waals surface area contributed by atoms with Gasteiger partial charge in [0.1, 0.15) is 5.60 Å². The van der Waals surface area contributed by atoms with Crippen LogP contribution in [-0.2, 0) is 42.9 Å². The van der Waals surface area contributed by atoms with Crippen LogP contribution in [0.3, 0.4) is 0 Å². The average Bonchev–Trinajstić information content (AvgIpc) is 3.95. The molecule has 2 heterocycles. The Morgan fingerprint density at radius 2 is 1.39 bits per heavy atom. The lowest BCUT2D eigenvalue weighted by atomic mass is 9.72. The van der Waals surface area contributed by atoms with Gasteiger partial charge in [-0.25, -0.2) is 4.79 Å². The third-order valence-electron chi connectivity index (χ3n) is 13.0. The Kier molecular flexibility index (Phi) is 14.6. The summed E-state index contributed by atoms with van der Waals surface area (Å²) in [6.45, 7) is 12.7. The monoisotopic (exact) mass is 688 g/mol. The van der Waals surface area contributed by atoms with Crippen LogP contribution < -0.4 is 0 Å². The highest BCUT2D eigenvalue weighted by atomic mass is 16.6. The van der Waals surface area contributed by atoms with Crippen LogP contribution in [0.4, 0.5) is 0 Å². The van der Waals surface area contributed by atoms with E-state index < -0.39 is 6.10 Å². The van der Waals surface area contributed by atoms with E-state index >= 15 is 0 Å². The Bertz CT molecular complexity index is 1120. The zero-order chi connectivity index (χ0) is 35.7. The molecule has 6 fully saturated rings. The van der Waals surface area contributed by atoms with Crippen molar-refractivity contribution in [3.8, 4) is 0 Å². The lowest BCUT2D eigenvalue weighted by Gasteiger charge is -2.40. The van der Waals surface area contributed by atoms with E-state index in [1.165, 1.54) is 57.8 Å². The van der Waals surface area contributed by atoms with Crippen molar-refractivity contribution in [1.29, 1.82) is 0 Å². The van der Waals surface area contributed by atoms with Crippen LogP contribution in [0.25, 0.3) is 0 Å². The normalized spacial score (nSPS) is 33.9. The van der Waals surface area contributed by atoms with Gasteiger partial charge in [-0.2, -0.15) is 0 Å². The van der Waals surface area contributed by atoms with Gasteiger partial charge in [-0.1, -0.05) is 73.6 Å². The number of hydrogen-bond acceptors (Lipinski definition) is 9. The van der Waals surface area contributed by atoms with E-state index in [2.05, 4.69) is 25.5 Å². The predicted octanol–water partition coefficient (Wildman–Crippen LogP) is 8.14. The molecule has 2 bridgehead atoms. The average molecular weight is 689 g/mol. The zero-order valence-corrected chi connectivity index (χ0v) is 31.2. The Balaban J connectivity index is 0.000000173. The molecule has 2 aliphatic heterocycles. The van der Waals surface area contributed by atoms with Crippen molar-refractivity contribution in [2.45, 2.75) is 162 Å². The van der Waals surface area contributed by atoms with E-state index in [9.17, 15) is 24.0 Å². The van der Waals surface area contributed by atoms with Crippen LogP contribution in [-0.4, -0.2) is 48.2 Å². The molecule has 4 aliphatic carbocycles. The van der Waals surface area contributed by atoms with Gasteiger partial charge in [0, 0.05) is 6.42 Å². The van der Waals surface area contributed by atoms with Crippen LogP contribution in [0.1, 0.15) is 151 Å². The molecule has 9 heteroatoms. The molecule has 0 radical (unpaired) electrons. The Hall–Kier alpha value is -2.45. The Morgan fingerprint density at radius 3 is 1.90 bits per heavy atom. The first kappa shape index (κ1) is 39.3. The smallest absolute Gasteiger partial charge is 0.347 e. The lowest BCUT2D eigenvalue weighted by Crippen LogP contribution is -2.42. The van der Waals surface area contributed by atoms with Gasteiger partial charge in [0.2, 0.25) is 6.10 Å². The number of carbonyl (C=O) groups is 5. The quantitative estimate of drug-likeness (QED) is 0.127. The van der Waals surface area contributed by atoms with Crippen molar-refractivity contribution in [3.05, 3.63) is 0 Å². The van der Waals surface area contributed by atoms with Crippen LogP contribution in [0.5, 0.6) is 0 Å². The summed E-state index contributed by atoms with van der Waals surface area (Å²) in [4.78, 5) is 57.8. The lowest BCUT2D eigenvalue weighted by molar-refractivity contribution is -0.172. The van der Waals surface area contributed by atoms with Crippen molar-refractivity contribution >= 4 is 29.8 Å². The highest BCUT2D eigenvalue weighted by molar-refractivity contribution is 5.96. The van der Waals surface area contributed by atoms with Crippen LogP contribution in [0, 0.1) is 53.3 Å². The number of carbonyl (C=O) groups excluding carboxylic acids is 5. The summed E-state index contributed by atoms with van der Waals surface area (Å²) >= 11 is 0. The summed E-state index contributed by atoms with van der Waals surface area (Å²) < 4.78 is 20.8. The van der Waals surface area contributed by atoms with Gasteiger partial charge >= 0.3 is 29.8 Å². The van der Waals surface area contributed by atoms with Crippen molar-refractivity contribution in [3.63, 3.8) is 0 Å². The second kappa shape index (κ2) is 18.2. The second-order valence-corrected chi connectivity index (χ2v) is 15.6. The molecule has 4 saturated carbocycles. The third-order valence-corrected chi connectivity index (χ3v) is 13.0. The maximum atomic E-state index is 12.4. The van der Waals surface area contributed by atoms with Crippen molar-refractivity contribution < 1.29 is 42.9 Å². The molecule has 49 heavy (non-hydrogen) atoms. The molecule has 9 atom stereocenters. The highest BCUT2D eigenvalue weighted by Crippen LogP contribution is 2.57. The topological polar surface area (TPSA) is 122 Å². The van der Waals surface area contributed by atoms with Gasteiger partial charge in [-0.3, -0.25) is 19.2 Å². The largest absolute Gasteiger partial charge is 0.463 e. The molecule has 0 amide bonds. The maximum absolute atomic E-state index is 12.4. The Morgan fingerprint density at radius 1 is 0.776 bits per heavy atom. The van der Waals surface area contributed by atoms with E-state index in [-0.39, 0.29) is 59.1 Å². The third kappa shape index (κ3) is 9.08. The van der Waals surface area contributed by atoms with Crippen molar-refractivity contribution in [2.24, 2.45) is 53.3 Å². The van der Waals surface area contributed by atoms with Gasteiger partial charge in [0.05, 0.1) is 30.3 Å². The molecule has 6 aliphatic rings. The summed E-state index contributed by atoms with van der Waals surface area (Å²) in [5.74, 6) is 1.77. The minimum absolute atomic E-state index is 0.0150. The first-order chi connectivity index (χ1) is 23.5. The van der Waals surface area contributed by atoms with Gasteiger partial charge in [0.15, 0.2) is 0 Å². The maximum Gasteiger partial charge on any atom is 0.347 e. The molecule has 0 N–H and O–H groups in total. The van der Waals surface area contributed by atoms with E-state index in [0.717, 1.165) is 38.0 Å². The standard InChI is InChI=1S/C16H24O4.C16H28O2.C8H12O3/c1-3-10-9-7-12(11(10)4-2)13(8-9)15(17)20-14-5-6-19-16(14)18;1-3-13(2)15(17)18-16(11-7-8-12-16)14-9-5-4-6-10-14;1-3-5-6(4-2)8(10)11-7(5)9/h9-14H,3-8H2,1-2H3;13-14H,3-12H2,1-2H3;5-6H,3-4H2,1-2H3. The summed E-state index contributed by atoms with van der Waals surface area (Å²) in [5.41, 5.74) is -0.0824. The number of esters is 5. The molecule has 278 valence electrons. The van der Waals surface area contributed by atoms with Gasteiger partial charge in [-0.05, 0) is 100 Å². The molecular formula is C40H64O9. The van der Waals surface area contributed by atoms with Gasteiger partial charge < -0.3 is 18.9 Å². The van der Waals surface area contributed by atoms with E-state index in [0.29, 0.717) is 49.5 Å². The zero-order valence-electron chi connectivity index (χ0n) is 31.2. The minimum atomic E-state index is -0.649. The number of ether oxygens (including phenoxy) is 4. The van der Waals surface area contributed by atoms with Crippen molar-refractivity contribution in [1.82, 2.24) is 0 Å². The summed E-state index contributed by atoms with van der Waals surface area (Å²) in [7, 11) is 0. The molecule has 0 spiro atoms. The fourth-order valence-electron chi connectivity index (χ4n) is 10.1. The molecule has 0 aromatic heterocycles. The molecular weight excluding hydrogens is 624 g/mol. The van der Waals surface area contributed by atoms with Gasteiger partial charge in [-0.15, -0.1) is 0 Å². The summed E-state index contributed by atoms with van der Waals surface area (Å²) in [6.07, 6.45) is 17.9. The van der Waals surface area contributed by atoms with Crippen LogP contribution in [0.2, 0.25) is 0 Å². The van der Waals surface area contributed by atoms with Crippen molar-refractivity contribution in [2.75, 3.05) is 6.61 Å². The summed E-state index contributed by atoms with van der Waals surface area (Å²) in [5, 5.41) is 0. The first-order valence-electron chi connectivity index (χ1n) is 19.9. The fraction of sp³-hybridized carbons (Fsp3) is 0.875. The molecule has 0 aromatic rings. The number of hydrogen-bond donors (Lipinski definition) is 0.